The van der Waals surface area contributed by atoms with Gasteiger partial charge in [0.05, 0.1) is 0 Å². The molecule has 0 saturated carbocycles. The molecule has 0 amide bonds. The molecular weight excluding hydrogens is 91.0 g/mol. The highest BCUT2D eigenvalue weighted by Gasteiger charge is 1.86. The molecule has 0 aromatic heterocycles. The van der Waals surface area contributed by atoms with Gasteiger partial charge in [-0.25, -0.2) is 0 Å². The summed E-state index contributed by atoms with van der Waals surface area (Å²) in [6.45, 7) is 0. The van der Waals surface area contributed by atoms with Gasteiger partial charge in [-0.2, -0.15) is 0 Å². The Morgan fingerprint density at radius 2 is 2.50 bits per heavy atom. The van der Waals surface area contributed by atoms with Crippen LogP contribution in [0.1, 0.15) is 12.8 Å². The highest BCUT2D eigenvalue weighted by Crippen LogP contribution is 2.19. The molecule has 1 rings (SSSR count). The molecule has 34 valence electrons. The van der Waals surface area contributed by atoms with Crippen LogP contribution in [0.5, 0.6) is 0 Å². The van der Waals surface area contributed by atoms with Gasteiger partial charge in [-0.1, -0.05) is 20.5 Å². The predicted molar refractivity (Wildman–Crippen MR) is 31.6 cm³/mol. The summed E-state index contributed by atoms with van der Waals surface area (Å²) in [6, 6.07) is 0. The summed E-state index contributed by atoms with van der Waals surface area (Å²) < 4.78 is 0. The first-order valence-corrected chi connectivity index (χ1v) is 3.67. The van der Waals surface area contributed by atoms with Crippen molar-refractivity contribution in [1.82, 2.24) is 0 Å². The summed E-state index contributed by atoms with van der Waals surface area (Å²) in [5.41, 5.74) is 0. The molecule has 0 saturated heterocycles. The van der Waals surface area contributed by atoms with Crippen LogP contribution in [0, 0.1) is 0 Å². The Kier molecular flexibility index (Phi) is 1.71. The molecule has 1 aliphatic rings. The molecule has 0 spiro atoms. The van der Waals surface area contributed by atoms with E-state index in [2.05, 4.69) is 11.9 Å². The predicted octanol–water partition coefficient (Wildman–Crippen LogP) is 1.97. The van der Waals surface area contributed by atoms with Crippen molar-refractivity contribution in [3.63, 3.8) is 0 Å². The lowest BCUT2D eigenvalue weighted by atomic mass is 10.3. The van der Waals surface area contributed by atoms with Crippen molar-refractivity contribution in [2.24, 2.45) is 0 Å². The van der Waals surface area contributed by atoms with E-state index in [9.17, 15) is 0 Å². The zero-order chi connectivity index (χ0) is 4.24. The summed E-state index contributed by atoms with van der Waals surface area (Å²) in [6.07, 6.45) is 6.47. The van der Waals surface area contributed by atoms with E-state index in [1.165, 1.54) is 19.0 Å². The number of hydrogen-bond donors (Lipinski definition) is 0. The lowest BCUT2D eigenvalue weighted by Crippen LogP contribution is -1.76. The topological polar surface area (TPSA) is 0 Å². The molecular formula is C5H9P. The molecule has 0 aromatic carbocycles. The third-order valence-corrected chi connectivity index (χ3v) is 2.04. The summed E-state index contributed by atoms with van der Waals surface area (Å²) >= 11 is 0. The third kappa shape index (κ3) is 1.10. The normalized spacial score (nSPS) is 25.3. The smallest absolute Gasteiger partial charge is 0.0316 e. The Labute approximate surface area is 40.4 Å². The van der Waals surface area contributed by atoms with E-state index in [4.69, 9.17) is 0 Å². The van der Waals surface area contributed by atoms with Crippen LogP contribution >= 0.6 is 8.58 Å². The van der Waals surface area contributed by atoms with Gasteiger partial charge in [-0.3, -0.25) is 0 Å². The quantitative estimate of drug-likeness (QED) is 0.408. The molecule has 1 unspecified atom stereocenters. The zero-order valence-electron chi connectivity index (χ0n) is 3.78. The maximum absolute atomic E-state index is 2.30. The van der Waals surface area contributed by atoms with Crippen LogP contribution in [0.4, 0.5) is 0 Å². The second-order valence-corrected chi connectivity index (χ2v) is 2.74. The number of rotatable bonds is 0. The molecule has 0 radical (unpaired) electrons. The first-order valence-electron chi connectivity index (χ1n) is 2.38. The molecule has 1 heterocycles. The van der Waals surface area contributed by atoms with Crippen LogP contribution in [-0.2, 0) is 0 Å². The van der Waals surface area contributed by atoms with E-state index in [1.807, 2.05) is 0 Å². The van der Waals surface area contributed by atoms with Crippen LogP contribution in [0.15, 0.2) is 11.9 Å². The Balaban J connectivity index is 2.26. The van der Waals surface area contributed by atoms with Gasteiger partial charge in [0.15, 0.2) is 0 Å². The first kappa shape index (κ1) is 4.33. The zero-order valence-corrected chi connectivity index (χ0v) is 4.78. The molecule has 1 aliphatic heterocycles. The van der Waals surface area contributed by atoms with E-state index >= 15 is 0 Å². The largest absolute Gasteiger partial charge is 0.0987 e. The molecule has 0 bridgehead atoms. The molecule has 0 N–H and O–H groups in total. The van der Waals surface area contributed by atoms with Gasteiger partial charge >= 0.3 is 0 Å². The highest BCUT2D eigenvalue weighted by molar-refractivity contribution is 7.41. The van der Waals surface area contributed by atoms with Gasteiger partial charge < -0.3 is 0 Å². The average Bonchev–Trinajstić information content (AvgIpc) is 1.72. The molecule has 1 heteroatoms. The molecule has 6 heavy (non-hydrogen) atoms. The van der Waals surface area contributed by atoms with Crippen molar-refractivity contribution in [3.05, 3.63) is 11.9 Å². The van der Waals surface area contributed by atoms with Gasteiger partial charge in [0.1, 0.15) is 0 Å². The molecule has 0 fully saturated rings. The second-order valence-electron chi connectivity index (χ2n) is 1.50. The number of allylic oxidation sites excluding steroid dienone is 1. The maximum atomic E-state index is 2.30. The van der Waals surface area contributed by atoms with Crippen LogP contribution in [0.2, 0.25) is 0 Å². The first-order chi connectivity index (χ1) is 3.00. The van der Waals surface area contributed by atoms with Crippen LogP contribution in [0.3, 0.4) is 0 Å². The standard InChI is InChI=1S/C5H9P/c1-2-4-6-5-3-1/h2,4,6H,1,3,5H2. The Morgan fingerprint density at radius 3 is 2.67 bits per heavy atom. The Bertz CT molecular complexity index is 49.0. The van der Waals surface area contributed by atoms with Crippen molar-refractivity contribution < 1.29 is 0 Å². The van der Waals surface area contributed by atoms with Gasteiger partial charge in [-0.15, -0.1) is 0 Å². The van der Waals surface area contributed by atoms with Crippen molar-refractivity contribution in [2.75, 3.05) is 6.16 Å². The van der Waals surface area contributed by atoms with Crippen LogP contribution in [0.25, 0.3) is 0 Å². The van der Waals surface area contributed by atoms with E-state index in [1.54, 1.807) is 0 Å². The fourth-order valence-electron chi connectivity index (χ4n) is 0.572. The summed E-state index contributed by atoms with van der Waals surface area (Å²) in [5, 5.41) is 0. The van der Waals surface area contributed by atoms with Crippen molar-refractivity contribution in [3.8, 4) is 0 Å². The summed E-state index contributed by atoms with van der Waals surface area (Å²) in [4.78, 5) is 0. The number of hydrogen-bond acceptors (Lipinski definition) is 0. The summed E-state index contributed by atoms with van der Waals surface area (Å²) in [7, 11) is 1.12. The fraction of sp³-hybridized carbons (Fsp3) is 0.600. The minimum absolute atomic E-state index is 1.12. The molecule has 0 aliphatic carbocycles. The lowest BCUT2D eigenvalue weighted by Gasteiger charge is -1.97. The molecule has 0 aromatic rings. The van der Waals surface area contributed by atoms with Crippen molar-refractivity contribution >= 4 is 8.58 Å². The molecule has 0 nitrogen and oxygen atoms in total. The van der Waals surface area contributed by atoms with Gasteiger partial charge in [0, 0.05) is 0 Å². The average molecular weight is 100 g/mol. The van der Waals surface area contributed by atoms with Crippen LogP contribution < -0.4 is 0 Å². The second kappa shape index (κ2) is 2.36. The molecule has 1 atom stereocenters. The fourth-order valence-corrected chi connectivity index (χ4v) is 1.48. The van der Waals surface area contributed by atoms with Crippen molar-refractivity contribution in [1.29, 1.82) is 0 Å². The minimum atomic E-state index is 1.12. The monoisotopic (exact) mass is 100 g/mol. The van der Waals surface area contributed by atoms with E-state index in [0.29, 0.717) is 0 Å². The van der Waals surface area contributed by atoms with E-state index in [0.717, 1.165) is 8.58 Å². The van der Waals surface area contributed by atoms with Crippen molar-refractivity contribution in [2.45, 2.75) is 12.8 Å². The highest BCUT2D eigenvalue weighted by atomic mass is 31.1. The third-order valence-electron chi connectivity index (χ3n) is 0.928. The maximum Gasteiger partial charge on any atom is -0.0316 e. The summed E-state index contributed by atoms with van der Waals surface area (Å²) in [5.74, 6) is 2.30. The van der Waals surface area contributed by atoms with Gasteiger partial charge in [-0.05, 0) is 19.0 Å². The van der Waals surface area contributed by atoms with Gasteiger partial charge in [0.25, 0.3) is 0 Å². The van der Waals surface area contributed by atoms with E-state index < -0.39 is 0 Å². The lowest BCUT2D eigenvalue weighted by molar-refractivity contribution is 0.962. The van der Waals surface area contributed by atoms with E-state index in [-0.39, 0.29) is 0 Å². The Hall–Kier alpha value is 0.170. The van der Waals surface area contributed by atoms with Gasteiger partial charge in [0.2, 0.25) is 0 Å². The Morgan fingerprint density at radius 1 is 1.50 bits per heavy atom. The van der Waals surface area contributed by atoms with Crippen LogP contribution in [-0.4, -0.2) is 6.16 Å². The SMILES string of the molecule is C1=CPCCC1. The minimum Gasteiger partial charge on any atom is -0.0987 e.